The fourth-order valence-electron chi connectivity index (χ4n) is 2.77. The number of nitrogens with zero attached hydrogens (tertiary/aromatic N) is 3. The number of nitrogens with one attached hydrogen (secondary N) is 1. The first-order valence-electron chi connectivity index (χ1n) is 8.05. The second kappa shape index (κ2) is 7.92. The van der Waals surface area contributed by atoms with Gasteiger partial charge in [0, 0.05) is 39.8 Å². The monoisotopic (exact) mass is 346 g/mol. The predicted octanol–water partition coefficient (Wildman–Crippen LogP) is 1.83. The van der Waals surface area contributed by atoms with Gasteiger partial charge in [-0.2, -0.15) is 0 Å². The maximum atomic E-state index is 13.2. The van der Waals surface area contributed by atoms with Crippen LogP contribution in [0.5, 0.6) is 0 Å². The number of likely N-dealkylation sites (N-methyl/N-ethyl adjacent to an activating group) is 1. The zero-order valence-electron chi connectivity index (χ0n) is 14.9. The van der Waals surface area contributed by atoms with Crippen LogP contribution in [0.4, 0.5) is 4.39 Å². The number of imidazole rings is 1. The van der Waals surface area contributed by atoms with Gasteiger partial charge in [0.1, 0.15) is 17.7 Å². The first kappa shape index (κ1) is 18.6. The number of carbonyl (C=O) groups is 2. The quantitative estimate of drug-likeness (QED) is 0.868. The third-order valence-corrected chi connectivity index (χ3v) is 4.10. The molecule has 0 aliphatic heterocycles. The minimum Gasteiger partial charge on any atom is -0.345 e. The van der Waals surface area contributed by atoms with Crippen LogP contribution in [0.2, 0.25) is 0 Å². The molecule has 0 aliphatic carbocycles. The average Bonchev–Trinajstić information content (AvgIpc) is 2.98. The van der Waals surface area contributed by atoms with Crippen LogP contribution in [0.1, 0.15) is 31.3 Å². The molecule has 0 spiro atoms. The van der Waals surface area contributed by atoms with Crippen LogP contribution in [0.3, 0.4) is 0 Å². The highest BCUT2D eigenvalue weighted by Crippen LogP contribution is 2.23. The Morgan fingerprint density at radius 1 is 1.32 bits per heavy atom. The van der Waals surface area contributed by atoms with Crippen LogP contribution >= 0.6 is 0 Å². The van der Waals surface area contributed by atoms with Gasteiger partial charge in [-0.3, -0.25) is 9.59 Å². The molecular formula is C18H23FN4O2. The van der Waals surface area contributed by atoms with Gasteiger partial charge in [0.2, 0.25) is 11.8 Å². The molecule has 0 fully saturated rings. The topological polar surface area (TPSA) is 67.2 Å². The summed E-state index contributed by atoms with van der Waals surface area (Å²) in [6.45, 7) is 3.02. The molecule has 1 aromatic carbocycles. The molecule has 0 saturated carbocycles. The van der Waals surface area contributed by atoms with Gasteiger partial charge in [-0.25, -0.2) is 9.37 Å². The first-order valence-corrected chi connectivity index (χ1v) is 8.05. The Morgan fingerprint density at radius 3 is 2.48 bits per heavy atom. The number of carbonyl (C=O) groups excluding carboxylic acids is 2. The molecule has 0 radical (unpaired) electrons. The van der Waals surface area contributed by atoms with E-state index in [0.29, 0.717) is 6.42 Å². The van der Waals surface area contributed by atoms with E-state index in [1.54, 1.807) is 37.2 Å². The number of aromatic nitrogens is 2. The van der Waals surface area contributed by atoms with E-state index in [0.717, 1.165) is 11.4 Å². The maximum absolute atomic E-state index is 13.2. The van der Waals surface area contributed by atoms with Crippen molar-refractivity contribution in [1.29, 1.82) is 0 Å². The molecule has 2 amide bonds. The van der Waals surface area contributed by atoms with Crippen molar-refractivity contribution < 1.29 is 14.0 Å². The van der Waals surface area contributed by atoms with Crippen molar-refractivity contribution in [3.8, 4) is 0 Å². The number of amides is 2. The number of benzene rings is 1. The van der Waals surface area contributed by atoms with Crippen molar-refractivity contribution in [1.82, 2.24) is 19.8 Å². The highest BCUT2D eigenvalue weighted by Gasteiger charge is 2.28. The SMILES string of the molecule is CC(=O)N[C@@H](C)C(=O)N(C)C(Cc1ccc(F)cc1)c1nccn1C. The zero-order valence-corrected chi connectivity index (χ0v) is 14.9. The Balaban J connectivity index is 2.28. The lowest BCUT2D eigenvalue weighted by Crippen LogP contribution is -2.46. The van der Waals surface area contributed by atoms with E-state index in [-0.39, 0.29) is 23.7 Å². The van der Waals surface area contributed by atoms with Crippen molar-refractivity contribution in [3.05, 3.63) is 53.9 Å². The van der Waals surface area contributed by atoms with Gasteiger partial charge in [0.25, 0.3) is 0 Å². The average molecular weight is 346 g/mol. The Bertz CT molecular complexity index is 742. The van der Waals surface area contributed by atoms with Gasteiger partial charge in [0.15, 0.2) is 0 Å². The molecule has 2 rings (SSSR count). The van der Waals surface area contributed by atoms with Crippen LogP contribution in [0.25, 0.3) is 0 Å². The highest BCUT2D eigenvalue weighted by molar-refractivity contribution is 5.86. The molecule has 7 heteroatoms. The molecule has 134 valence electrons. The lowest BCUT2D eigenvalue weighted by Gasteiger charge is -2.30. The summed E-state index contributed by atoms with van der Waals surface area (Å²) < 4.78 is 15.0. The van der Waals surface area contributed by atoms with E-state index < -0.39 is 6.04 Å². The molecule has 0 aliphatic rings. The van der Waals surface area contributed by atoms with Crippen molar-refractivity contribution in [2.24, 2.45) is 7.05 Å². The fraction of sp³-hybridized carbons (Fsp3) is 0.389. The number of aryl methyl sites for hydroxylation is 1. The zero-order chi connectivity index (χ0) is 18.6. The van der Waals surface area contributed by atoms with Gasteiger partial charge < -0.3 is 14.8 Å². The summed E-state index contributed by atoms with van der Waals surface area (Å²) in [6, 6.07) is 5.20. The standard InChI is InChI=1S/C18H23FN4O2/c1-12(21-13(2)24)18(25)23(4)16(17-20-9-10-22(17)3)11-14-5-7-15(19)8-6-14/h5-10,12,16H,11H2,1-4H3,(H,21,24)/t12-,16?/m0/s1. The molecule has 1 unspecified atom stereocenters. The smallest absolute Gasteiger partial charge is 0.245 e. The Kier molecular flexibility index (Phi) is 5.90. The van der Waals surface area contributed by atoms with Gasteiger partial charge in [-0.15, -0.1) is 0 Å². The Labute approximate surface area is 146 Å². The number of hydrogen-bond donors (Lipinski definition) is 1. The first-order chi connectivity index (χ1) is 11.8. The number of hydrogen-bond acceptors (Lipinski definition) is 3. The van der Waals surface area contributed by atoms with Crippen molar-refractivity contribution >= 4 is 11.8 Å². The predicted molar refractivity (Wildman–Crippen MR) is 92.1 cm³/mol. The summed E-state index contributed by atoms with van der Waals surface area (Å²) in [4.78, 5) is 29.8. The van der Waals surface area contributed by atoms with Gasteiger partial charge in [-0.1, -0.05) is 12.1 Å². The lowest BCUT2D eigenvalue weighted by molar-refractivity contribution is -0.136. The van der Waals surface area contributed by atoms with Crippen molar-refractivity contribution in [2.45, 2.75) is 32.4 Å². The van der Waals surface area contributed by atoms with E-state index in [1.807, 2.05) is 17.8 Å². The summed E-state index contributed by atoms with van der Waals surface area (Å²) in [7, 11) is 3.54. The molecule has 1 aromatic heterocycles. The van der Waals surface area contributed by atoms with Gasteiger partial charge in [-0.05, 0) is 24.6 Å². The second-order valence-corrected chi connectivity index (χ2v) is 6.11. The lowest BCUT2D eigenvalue weighted by atomic mass is 10.0. The summed E-state index contributed by atoms with van der Waals surface area (Å²) >= 11 is 0. The highest BCUT2D eigenvalue weighted by atomic mass is 19.1. The molecular weight excluding hydrogens is 323 g/mol. The molecule has 1 N–H and O–H groups in total. The molecule has 6 nitrogen and oxygen atoms in total. The molecule has 0 saturated heterocycles. The van der Waals surface area contributed by atoms with E-state index in [1.165, 1.54) is 19.1 Å². The van der Waals surface area contributed by atoms with E-state index in [2.05, 4.69) is 10.3 Å². The van der Waals surface area contributed by atoms with Crippen LogP contribution in [-0.4, -0.2) is 39.4 Å². The molecule has 2 atom stereocenters. The largest absolute Gasteiger partial charge is 0.345 e. The summed E-state index contributed by atoms with van der Waals surface area (Å²) in [5.41, 5.74) is 0.890. The Morgan fingerprint density at radius 2 is 1.96 bits per heavy atom. The van der Waals surface area contributed by atoms with Crippen molar-refractivity contribution in [2.75, 3.05) is 7.05 Å². The number of halogens is 1. The van der Waals surface area contributed by atoms with Gasteiger partial charge >= 0.3 is 0 Å². The van der Waals surface area contributed by atoms with Crippen molar-refractivity contribution in [3.63, 3.8) is 0 Å². The Hall–Kier alpha value is -2.70. The van der Waals surface area contributed by atoms with E-state index in [4.69, 9.17) is 0 Å². The normalized spacial score (nSPS) is 13.2. The molecule has 2 aromatic rings. The molecule has 1 heterocycles. The molecule has 0 bridgehead atoms. The summed E-state index contributed by atoms with van der Waals surface area (Å²) in [5.74, 6) is -0.0668. The van der Waals surface area contributed by atoms with Crippen LogP contribution in [0, 0.1) is 5.82 Å². The summed E-state index contributed by atoms with van der Waals surface area (Å²) in [5, 5.41) is 2.60. The minimum absolute atomic E-state index is 0.217. The fourth-order valence-corrected chi connectivity index (χ4v) is 2.77. The third kappa shape index (κ3) is 4.65. The minimum atomic E-state index is -0.640. The second-order valence-electron chi connectivity index (χ2n) is 6.11. The molecule has 25 heavy (non-hydrogen) atoms. The van der Waals surface area contributed by atoms with E-state index >= 15 is 0 Å². The van der Waals surface area contributed by atoms with Crippen LogP contribution < -0.4 is 5.32 Å². The number of rotatable bonds is 6. The van der Waals surface area contributed by atoms with Gasteiger partial charge in [0.05, 0.1) is 6.04 Å². The maximum Gasteiger partial charge on any atom is 0.245 e. The third-order valence-electron chi connectivity index (χ3n) is 4.10. The van der Waals surface area contributed by atoms with Crippen LogP contribution in [-0.2, 0) is 23.1 Å². The van der Waals surface area contributed by atoms with E-state index in [9.17, 15) is 14.0 Å². The summed E-state index contributed by atoms with van der Waals surface area (Å²) in [6.07, 6.45) is 3.96. The van der Waals surface area contributed by atoms with Crippen LogP contribution in [0.15, 0.2) is 36.7 Å².